The Morgan fingerprint density at radius 2 is 2.08 bits per heavy atom. The minimum absolute atomic E-state index is 0.233. The Kier molecular flexibility index (Phi) is 2.12. The molecule has 0 heterocycles. The molecular weight excluding hydrogens is 286 g/mol. The summed E-state index contributed by atoms with van der Waals surface area (Å²) in [6.07, 6.45) is 1.43. The second-order valence-electron chi connectivity index (χ2n) is 2.81. The number of fused-ring (bicyclic) bond motifs is 1. The molecule has 0 amide bonds. The van der Waals surface area contributed by atoms with Gasteiger partial charge in [-0.1, -0.05) is 11.6 Å². The number of carbonyl (C=O) groups is 1. The van der Waals surface area contributed by atoms with Crippen molar-refractivity contribution in [3.8, 4) is 0 Å². The summed E-state index contributed by atoms with van der Waals surface area (Å²) in [6.45, 7) is 0. The van der Waals surface area contributed by atoms with Gasteiger partial charge in [0.2, 0.25) is 0 Å². The Balaban J connectivity index is 2.72. The summed E-state index contributed by atoms with van der Waals surface area (Å²) in [5.41, 5.74) is 1.89. The number of Topliss-reactive ketones (excluding diaryl/α,β-unsaturated/α-hetero) is 1. The van der Waals surface area contributed by atoms with Crippen molar-refractivity contribution >= 4 is 40.0 Å². The van der Waals surface area contributed by atoms with E-state index in [1.165, 1.54) is 0 Å². The van der Waals surface area contributed by atoms with Crippen LogP contribution in [0.15, 0.2) is 12.1 Å². The number of benzene rings is 1. The van der Waals surface area contributed by atoms with Crippen molar-refractivity contribution in [1.29, 1.82) is 0 Å². The molecule has 1 aromatic rings. The summed E-state index contributed by atoms with van der Waals surface area (Å²) in [5, 5.41) is 0.733. The average molecular weight is 293 g/mol. The molecule has 0 saturated heterocycles. The molecule has 0 radical (unpaired) electrons. The van der Waals surface area contributed by atoms with Gasteiger partial charge >= 0.3 is 0 Å². The number of hydrogen-bond donors (Lipinski definition) is 0. The van der Waals surface area contributed by atoms with Gasteiger partial charge in [-0.15, -0.1) is 0 Å². The number of carbonyl (C=O) groups excluding carboxylic acids is 1. The van der Waals surface area contributed by atoms with Crippen LogP contribution in [0.1, 0.15) is 22.3 Å². The van der Waals surface area contributed by atoms with E-state index in [-0.39, 0.29) is 5.78 Å². The van der Waals surface area contributed by atoms with E-state index in [1.54, 1.807) is 0 Å². The fourth-order valence-corrected chi connectivity index (χ4v) is 2.56. The van der Waals surface area contributed by atoms with Gasteiger partial charge in [0.25, 0.3) is 0 Å². The maximum atomic E-state index is 11.4. The molecule has 3 heteroatoms. The van der Waals surface area contributed by atoms with Crippen molar-refractivity contribution in [2.45, 2.75) is 12.8 Å². The summed E-state index contributed by atoms with van der Waals surface area (Å²) in [7, 11) is 0. The molecular formula is C9H6ClIO. The zero-order valence-corrected chi connectivity index (χ0v) is 9.15. The largest absolute Gasteiger partial charge is 0.294 e. The van der Waals surface area contributed by atoms with Crippen molar-refractivity contribution in [2.24, 2.45) is 0 Å². The Morgan fingerprint density at radius 3 is 2.75 bits per heavy atom. The Hall–Kier alpha value is -0.0900. The summed E-state index contributed by atoms with van der Waals surface area (Å²) in [4.78, 5) is 11.4. The van der Waals surface area contributed by atoms with Gasteiger partial charge in [-0.3, -0.25) is 4.79 Å². The topological polar surface area (TPSA) is 17.1 Å². The fourth-order valence-electron chi connectivity index (χ4n) is 1.50. The first-order valence-corrected chi connectivity index (χ1v) is 5.16. The lowest BCUT2D eigenvalue weighted by Gasteiger charge is -2.01. The maximum absolute atomic E-state index is 11.4. The van der Waals surface area contributed by atoms with E-state index in [4.69, 9.17) is 11.6 Å². The zero-order chi connectivity index (χ0) is 8.72. The highest BCUT2D eigenvalue weighted by molar-refractivity contribution is 14.1. The van der Waals surface area contributed by atoms with Gasteiger partial charge in [0.15, 0.2) is 5.78 Å². The van der Waals surface area contributed by atoms with Gasteiger partial charge in [-0.2, -0.15) is 0 Å². The summed E-state index contributed by atoms with van der Waals surface area (Å²) in [6, 6.07) is 3.76. The fraction of sp³-hybridized carbons (Fsp3) is 0.222. The van der Waals surface area contributed by atoms with E-state index >= 15 is 0 Å². The molecule has 62 valence electrons. The van der Waals surface area contributed by atoms with E-state index in [1.807, 2.05) is 12.1 Å². The first-order chi connectivity index (χ1) is 5.70. The van der Waals surface area contributed by atoms with Gasteiger partial charge in [-0.25, -0.2) is 0 Å². The molecule has 0 bridgehead atoms. The Bertz CT molecular complexity index is 360. The van der Waals surface area contributed by atoms with Crippen LogP contribution in [0.3, 0.4) is 0 Å². The molecule has 0 atom stereocenters. The molecule has 0 aromatic heterocycles. The minimum atomic E-state index is 0.233. The minimum Gasteiger partial charge on any atom is -0.294 e. The van der Waals surface area contributed by atoms with Crippen molar-refractivity contribution < 1.29 is 4.79 Å². The molecule has 1 aliphatic carbocycles. The van der Waals surface area contributed by atoms with Crippen LogP contribution in [0.25, 0.3) is 0 Å². The number of rotatable bonds is 0. The SMILES string of the molecule is O=C1CCc2c(Cl)ccc(I)c21. The summed E-state index contributed by atoms with van der Waals surface area (Å²) < 4.78 is 1.02. The number of ketones is 1. The van der Waals surface area contributed by atoms with E-state index < -0.39 is 0 Å². The molecule has 0 unspecified atom stereocenters. The molecule has 0 aliphatic heterocycles. The van der Waals surface area contributed by atoms with Crippen LogP contribution in [-0.2, 0) is 6.42 Å². The third kappa shape index (κ3) is 1.17. The van der Waals surface area contributed by atoms with E-state index in [9.17, 15) is 4.79 Å². The van der Waals surface area contributed by atoms with Crippen molar-refractivity contribution in [3.05, 3.63) is 31.9 Å². The Labute approximate surface area is 89.2 Å². The van der Waals surface area contributed by atoms with Crippen molar-refractivity contribution in [1.82, 2.24) is 0 Å². The monoisotopic (exact) mass is 292 g/mol. The molecule has 1 nitrogen and oxygen atoms in total. The van der Waals surface area contributed by atoms with Crippen LogP contribution in [0.5, 0.6) is 0 Å². The lowest BCUT2D eigenvalue weighted by atomic mass is 10.1. The van der Waals surface area contributed by atoms with E-state index in [0.717, 1.165) is 26.1 Å². The van der Waals surface area contributed by atoms with Crippen LogP contribution in [0.2, 0.25) is 5.02 Å². The van der Waals surface area contributed by atoms with E-state index in [0.29, 0.717) is 6.42 Å². The third-order valence-corrected chi connectivity index (χ3v) is 3.34. The normalized spacial score (nSPS) is 15.0. The highest BCUT2D eigenvalue weighted by atomic mass is 127. The number of hydrogen-bond acceptors (Lipinski definition) is 1. The van der Waals surface area contributed by atoms with Gasteiger partial charge in [0.05, 0.1) is 0 Å². The molecule has 0 saturated carbocycles. The standard InChI is InChI=1S/C9H6ClIO/c10-6-2-3-7(11)9-5(6)1-4-8(9)12/h2-3H,1,4H2. The molecule has 0 spiro atoms. The van der Waals surface area contributed by atoms with Crippen molar-refractivity contribution in [2.75, 3.05) is 0 Å². The predicted molar refractivity (Wildman–Crippen MR) is 56.8 cm³/mol. The molecule has 2 rings (SSSR count). The van der Waals surface area contributed by atoms with Crippen LogP contribution in [0.4, 0.5) is 0 Å². The average Bonchev–Trinajstić information content (AvgIpc) is 2.42. The lowest BCUT2D eigenvalue weighted by Crippen LogP contribution is -1.95. The highest BCUT2D eigenvalue weighted by Crippen LogP contribution is 2.31. The molecule has 1 aliphatic rings. The lowest BCUT2D eigenvalue weighted by molar-refractivity contribution is 0.0994. The summed E-state index contributed by atoms with van der Waals surface area (Å²) in [5.74, 6) is 0.233. The molecule has 12 heavy (non-hydrogen) atoms. The Morgan fingerprint density at radius 1 is 1.33 bits per heavy atom. The first-order valence-electron chi connectivity index (χ1n) is 3.70. The van der Waals surface area contributed by atoms with E-state index in [2.05, 4.69) is 22.6 Å². The van der Waals surface area contributed by atoms with Gasteiger partial charge < -0.3 is 0 Å². The quantitative estimate of drug-likeness (QED) is 0.672. The van der Waals surface area contributed by atoms with Crippen LogP contribution in [-0.4, -0.2) is 5.78 Å². The predicted octanol–water partition coefficient (Wildman–Crippen LogP) is 3.07. The van der Waals surface area contributed by atoms with Crippen LogP contribution < -0.4 is 0 Å². The van der Waals surface area contributed by atoms with Crippen LogP contribution in [0, 0.1) is 3.57 Å². The first kappa shape index (κ1) is 8.51. The second kappa shape index (κ2) is 3.00. The molecule has 1 aromatic carbocycles. The van der Waals surface area contributed by atoms with Crippen molar-refractivity contribution in [3.63, 3.8) is 0 Å². The maximum Gasteiger partial charge on any atom is 0.164 e. The second-order valence-corrected chi connectivity index (χ2v) is 4.38. The van der Waals surface area contributed by atoms with Crippen LogP contribution >= 0.6 is 34.2 Å². The third-order valence-electron chi connectivity index (χ3n) is 2.09. The molecule has 0 N–H and O–H groups in total. The number of halogens is 2. The van der Waals surface area contributed by atoms with Gasteiger partial charge in [0, 0.05) is 20.6 Å². The molecule has 0 fully saturated rings. The van der Waals surface area contributed by atoms with Gasteiger partial charge in [-0.05, 0) is 46.7 Å². The van der Waals surface area contributed by atoms with Gasteiger partial charge in [0.1, 0.15) is 0 Å². The zero-order valence-electron chi connectivity index (χ0n) is 6.23. The smallest absolute Gasteiger partial charge is 0.164 e. The summed E-state index contributed by atoms with van der Waals surface area (Å²) >= 11 is 8.13. The highest BCUT2D eigenvalue weighted by Gasteiger charge is 2.23.